The summed E-state index contributed by atoms with van der Waals surface area (Å²) in [5.74, 6) is -0.377. The fraction of sp³-hybridized carbons (Fsp3) is 0.133. The van der Waals surface area contributed by atoms with Gasteiger partial charge in [-0.25, -0.2) is 4.39 Å². The van der Waals surface area contributed by atoms with E-state index in [0.717, 1.165) is 29.8 Å². The molecule has 2 aromatic carbocycles. The van der Waals surface area contributed by atoms with Crippen molar-refractivity contribution >= 4 is 5.69 Å². The molecule has 0 radical (unpaired) electrons. The first kappa shape index (κ1) is 10.8. The largest absolute Gasteiger partial charge is 0.384 e. The molecule has 0 unspecified atom stereocenters. The van der Waals surface area contributed by atoms with Crippen molar-refractivity contribution in [3.8, 4) is 17.2 Å². The van der Waals surface area contributed by atoms with E-state index in [-0.39, 0.29) is 5.82 Å². The third-order valence-electron chi connectivity index (χ3n) is 3.18. The highest BCUT2D eigenvalue weighted by molar-refractivity contribution is 5.72. The van der Waals surface area contributed by atoms with Gasteiger partial charge in [-0.2, -0.15) is 5.26 Å². The van der Waals surface area contributed by atoms with Gasteiger partial charge in [0.25, 0.3) is 0 Å². The molecule has 1 aliphatic rings. The van der Waals surface area contributed by atoms with Crippen molar-refractivity contribution in [3.63, 3.8) is 0 Å². The molecule has 0 amide bonds. The van der Waals surface area contributed by atoms with Crippen molar-refractivity contribution in [3.05, 3.63) is 53.3 Å². The lowest BCUT2D eigenvalue weighted by atomic mass is 10.0. The zero-order valence-corrected chi connectivity index (χ0v) is 9.70. The van der Waals surface area contributed by atoms with Crippen LogP contribution in [0.3, 0.4) is 0 Å². The summed E-state index contributed by atoms with van der Waals surface area (Å²) >= 11 is 0. The molecule has 0 aliphatic carbocycles. The van der Waals surface area contributed by atoms with Crippen molar-refractivity contribution in [2.75, 3.05) is 11.9 Å². The molecule has 0 atom stereocenters. The SMILES string of the molecule is N#Cc1cc(F)cc(-c2ccc3c(c2)NCC3)c1. The summed E-state index contributed by atoms with van der Waals surface area (Å²) in [4.78, 5) is 0. The summed E-state index contributed by atoms with van der Waals surface area (Å²) in [5.41, 5.74) is 4.41. The Morgan fingerprint density at radius 2 is 2.00 bits per heavy atom. The van der Waals surface area contributed by atoms with Crippen LogP contribution in [0.1, 0.15) is 11.1 Å². The highest BCUT2D eigenvalue weighted by atomic mass is 19.1. The lowest BCUT2D eigenvalue weighted by molar-refractivity contribution is 0.628. The lowest BCUT2D eigenvalue weighted by Crippen LogP contribution is -1.91. The molecule has 1 heterocycles. The maximum Gasteiger partial charge on any atom is 0.125 e. The number of nitrogens with zero attached hydrogens (tertiary/aromatic N) is 1. The van der Waals surface area contributed by atoms with Crippen molar-refractivity contribution in [2.24, 2.45) is 0 Å². The lowest BCUT2D eigenvalue weighted by Gasteiger charge is -2.06. The van der Waals surface area contributed by atoms with Crippen LogP contribution in [-0.2, 0) is 6.42 Å². The minimum Gasteiger partial charge on any atom is -0.384 e. The highest BCUT2D eigenvalue weighted by Gasteiger charge is 2.11. The fourth-order valence-corrected chi connectivity index (χ4v) is 2.29. The van der Waals surface area contributed by atoms with Crippen molar-refractivity contribution in [1.29, 1.82) is 5.26 Å². The van der Waals surface area contributed by atoms with Gasteiger partial charge in [-0.3, -0.25) is 0 Å². The van der Waals surface area contributed by atoms with Crippen LogP contribution in [0.25, 0.3) is 11.1 Å². The summed E-state index contributed by atoms with van der Waals surface area (Å²) < 4.78 is 13.4. The fourth-order valence-electron chi connectivity index (χ4n) is 2.29. The Morgan fingerprint density at radius 3 is 2.83 bits per heavy atom. The van der Waals surface area contributed by atoms with Gasteiger partial charge in [0.2, 0.25) is 0 Å². The number of rotatable bonds is 1. The van der Waals surface area contributed by atoms with Crippen LogP contribution in [0.5, 0.6) is 0 Å². The van der Waals surface area contributed by atoms with Gasteiger partial charge in [-0.1, -0.05) is 12.1 Å². The standard InChI is InChI=1S/C15H11FN2/c16-14-6-10(9-17)5-13(7-14)12-2-1-11-3-4-18-15(11)8-12/h1-2,5-8,18H,3-4H2. The molecule has 18 heavy (non-hydrogen) atoms. The van der Waals surface area contributed by atoms with E-state index < -0.39 is 0 Å². The van der Waals surface area contributed by atoms with Crippen LogP contribution >= 0.6 is 0 Å². The Hall–Kier alpha value is -2.34. The molecule has 3 rings (SSSR count). The predicted octanol–water partition coefficient (Wildman–Crippen LogP) is 3.33. The molecule has 0 saturated carbocycles. The Bertz CT molecular complexity index is 656. The van der Waals surface area contributed by atoms with Gasteiger partial charge >= 0.3 is 0 Å². The molecule has 1 N–H and O–H groups in total. The summed E-state index contributed by atoms with van der Waals surface area (Å²) in [6, 6.07) is 12.4. The first-order valence-corrected chi connectivity index (χ1v) is 5.84. The maximum atomic E-state index is 13.4. The number of hydrogen-bond acceptors (Lipinski definition) is 2. The Balaban J connectivity index is 2.10. The third kappa shape index (κ3) is 1.82. The molecular weight excluding hydrogens is 227 g/mol. The Kier molecular flexibility index (Phi) is 2.49. The molecule has 0 spiro atoms. The van der Waals surface area contributed by atoms with Crippen molar-refractivity contribution in [2.45, 2.75) is 6.42 Å². The summed E-state index contributed by atoms with van der Waals surface area (Å²) in [6.45, 7) is 0.950. The summed E-state index contributed by atoms with van der Waals surface area (Å²) in [6.07, 6.45) is 1.03. The second kappa shape index (κ2) is 4.15. The smallest absolute Gasteiger partial charge is 0.125 e. The summed E-state index contributed by atoms with van der Waals surface area (Å²) in [5, 5.41) is 12.2. The van der Waals surface area contributed by atoms with Crippen LogP contribution in [0.4, 0.5) is 10.1 Å². The van der Waals surface area contributed by atoms with E-state index in [4.69, 9.17) is 5.26 Å². The molecule has 3 heteroatoms. The normalized spacial score (nSPS) is 12.7. The molecular formula is C15H11FN2. The minimum absolute atomic E-state index is 0.346. The number of hydrogen-bond donors (Lipinski definition) is 1. The molecule has 1 aliphatic heterocycles. The van der Waals surface area contributed by atoms with E-state index >= 15 is 0 Å². The average Bonchev–Trinajstić information content (AvgIpc) is 2.85. The molecule has 2 nitrogen and oxygen atoms in total. The zero-order chi connectivity index (χ0) is 12.5. The minimum atomic E-state index is -0.377. The summed E-state index contributed by atoms with van der Waals surface area (Å²) in [7, 11) is 0. The number of benzene rings is 2. The topological polar surface area (TPSA) is 35.8 Å². The van der Waals surface area contributed by atoms with Gasteiger partial charge in [-0.15, -0.1) is 0 Å². The Labute approximate surface area is 105 Å². The third-order valence-corrected chi connectivity index (χ3v) is 3.18. The van der Waals surface area contributed by atoms with E-state index in [1.54, 1.807) is 6.07 Å². The van der Waals surface area contributed by atoms with Gasteiger partial charge in [0, 0.05) is 12.2 Å². The van der Waals surface area contributed by atoms with Crippen molar-refractivity contribution < 1.29 is 4.39 Å². The van der Waals surface area contributed by atoms with Crippen molar-refractivity contribution in [1.82, 2.24) is 0 Å². The van der Waals surface area contributed by atoms with Crippen LogP contribution in [0.2, 0.25) is 0 Å². The van der Waals surface area contributed by atoms with Crippen LogP contribution in [0, 0.1) is 17.1 Å². The van der Waals surface area contributed by atoms with E-state index in [9.17, 15) is 4.39 Å². The van der Waals surface area contributed by atoms with Gasteiger partial charge < -0.3 is 5.32 Å². The highest BCUT2D eigenvalue weighted by Crippen LogP contribution is 2.29. The predicted molar refractivity (Wildman–Crippen MR) is 68.7 cm³/mol. The first-order chi connectivity index (χ1) is 8.76. The Morgan fingerprint density at radius 1 is 1.11 bits per heavy atom. The van der Waals surface area contributed by atoms with E-state index in [1.165, 1.54) is 17.7 Å². The van der Waals surface area contributed by atoms with Crippen LogP contribution in [0.15, 0.2) is 36.4 Å². The monoisotopic (exact) mass is 238 g/mol. The number of halogens is 1. The van der Waals surface area contributed by atoms with Gasteiger partial charge in [-0.05, 0) is 47.4 Å². The molecule has 0 aromatic heterocycles. The van der Waals surface area contributed by atoms with Crippen LogP contribution in [-0.4, -0.2) is 6.54 Å². The first-order valence-electron chi connectivity index (χ1n) is 5.84. The molecule has 0 saturated heterocycles. The maximum absolute atomic E-state index is 13.4. The number of fused-ring (bicyclic) bond motifs is 1. The number of nitriles is 1. The van der Waals surface area contributed by atoms with Gasteiger partial charge in [0.1, 0.15) is 5.82 Å². The van der Waals surface area contributed by atoms with Crippen LogP contribution < -0.4 is 5.32 Å². The van der Waals surface area contributed by atoms with Gasteiger partial charge in [0.15, 0.2) is 0 Å². The zero-order valence-electron chi connectivity index (χ0n) is 9.70. The van der Waals surface area contributed by atoms with E-state index in [0.29, 0.717) is 5.56 Å². The second-order valence-electron chi connectivity index (χ2n) is 4.39. The van der Waals surface area contributed by atoms with E-state index in [1.807, 2.05) is 18.2 Å². The quantitative estimate of drug-likeness (QED) is 0.827. The van der Waals surface area contributed by atoms with Gasteiger partial charge in [0.05, 0.1) is 11.6 Å². The second-order valence-corrected chi connectivity index (χ2v) is 4.39. The molecule has 0 fully saturated rings. The number of nitrogens with one attached hydrogen (secondary N) is 1. The number of anilines is 1. The average molecular weight is 238 g/mol. The molecule has 2 aromatic rings. The molecule has 88 valence electrons. The van der Waals surface area contributed by atoms with E-state index in [2.05, 4.69) is 11.4 Å². The molecule has 0 bridgehead atoms.